The van der Waals surface area contributed by atoms with Crippen molar-refractivity contribution in [1.29, 1.82) is 0 Å². The van der Waals surface area contributed by atoms with Crippen LogP contribution >= 0.6 is 11.3 Å². The van der Waals surface area contributed by atoms with Crippen molar-refractivity contribution in [3.05, 3.63) is 46.9 Å². The van der Waals surface area contributed by atoms with Gasteiger partial charge in [0.15, 0.2) is 5.96 Å². The lowest BCUT2D eigenvalue weighted by molar-refractivity contribution is 0.340. The van der Waals surface area contributed by atoms with Crippen LogP contribution in [0.1, 0.15) is 24.3 Å². The summed E-state index contributed by atoms with van der Waals surface area (Å²) >= 11 is 1.65. The molecule has 5 heteroatoms. The van der Waals surface area contributed by atoms with Gasteiger partial charge in [0.1, 0.15) is 5.01 Å². The molecular formula is C16H20N4S. The van der Waals surface area contributed by atoms with Gasteiger partial charge >= 0.3 is 0 Å². The topological polar surface area (TPSA) is 40.5 Å². The monoisotopic (exact) mass is 300 g/mol. The van der Waals surface area contributed by atoms with Gasteiger partial charge in [0.2, 0.25) is 0 Å². The van der Waals surface area contributed by atoms with Crippen molar-refractivity contribution in [3.63, 3.8) is 0 Å². The van der Waals surface area contributed by atoms with Crippen LogP contribution < -0.4 is 5.32 Å². The van der Waals surface area contributed by atoms with Gasteiger partial charge in [0.05, 0.1) is 6.54 Å². The van der Waals surface area contributed by atoms with Gasteiger partial charge in [-0.05, 0) is 31.4 Å². The SMILES string of the molecule is c1ccc(NC(=NCc2nccs2)N2CCCCC2)cc1. The van der Waals surface area contributed by atoms with Gasteiger partial charge in [-0.1, -0.05) is 18.2 Å². The van der Waals surface area contributed by atoms with Crippen LogP contribution in [0.2, 0.25) is 0 Å². The molecule has 4 nitrogen and oxygen atoms in total. The van der Waals surface area contributed by atoms with Crippen molar-refractivity contribution >= 4 is 23.0 Å². The number of piperidine rings is 1. The second-order valence-corrected chi connectivity index (χ2v) is 6.08. The molecule has 0 amide bonds. The number of rotatable bonds is 3. The lowest BCUT2D eigenvalue weighted by Crippen LogP contribution is -2.40. The van der Waals surface area contributed by atoms with E-state index in [1.54, 1.807) is 11.3 Å². The lowest BCUT2D eigenvalue weighted by Gasteiger charge is -2.30. The molecule has 0 atom stereocenters. The molecule has 3 rings (SSSR count). The first-order valence-electron chi connectivity index (χ1n) is 7.42. The fourth-order valence-corrected chi connectivity index (χ4v) is 2.99. The molecule has 1 aliphatic rings. The van der Waals surface area contributed by atoms with Crippen molar-refractivity contribution in [2.75, 3.05) is 18.4 Å². The van der Waals surface area contributed by atoms with E-state index < -0.39 is 0 Å². The van der Waals surface area contributed by atoms with E-state index in [-0.39, 0.29) is 0 Å². The number of nitrogens with zero attached hydrogens (tertiary/aromatic N) is 3. The summed E-state index contributed by atoms with van der Waals surface area (Å²) in [5.74, 6) is 0.969. The Bertz CT molecular complexity index is 559. The maximum absolute atomic E-state index is 4.76. The summed E-state index contributed by atoms with van der Waals surface area (Å²) in [7, 11) is 0. The Hall–Kier alpha value is -1.88. The van der Waals surface area contributed by atoms with Gasteiger partial charge in [-0.3, -0.25) is 0 Å². The van der Waals surface area contributed by atoms with Crippen LogP contribution in [-0.4, -0.2) is 28.9 Å². The second-order valence-electron chi connectivity index (χ2n) is 5.10. The summed E-state index contributed by atoms with van der Waals surface area (Å²) in [6.45, 7) is 2.80. The second kappa shape index (κ2) is 7.22. The van der Waals surface area contributed by atoms with Gasteiger partial charge in [-0.15, -0.1) is 11.3 Å². The first-order valence-corrected chi connectivity index (χ1v) is 8.29. The molecule has 0 saturated carbocycles. The molecular weight excluding hydrogens is 280 g/mol. The standard InChI is InChI=1S/C16H20N4S/c1-3-7-14(8-4-1)19-16(20-10-5-2-6-11-20)18-13-15-17-9-12-21-15/h1,3-4,7-9,12H,2,5-6,10-11,13H2,(H,18,19). The fourth-order valence-electron chi connectivity index (χ4n) is 2.45. The summed E-state index contributed by atoms with van der Waals surface area (Å²) in [5.41, 5.74) is 1.08. The molecule has 0 radical (unpaired) electrons. The predicted octanol–water partition coefficient (Wildman–Crippen LogP) is 3.60. The highest BCUT2D eigenvalue weighted by Gasteiger charge is 2.15. The Morgan fingerprint density at radius 2 is 2.00 bits per heavy atom. The third kappa shape index (κ3) is 4.04. The third-order valence-electron chi connectivity index (χ3n) is 3.53. The first-order chi connectivity index (χ1) is 10.4. The Morgan fingerprint density at radius 1 is 1.19 bits per heavy atom. The summed E-state index contributed by atoms with van der Waals surface area (Å²) < 4.78 is 0. The highest BCUT2D eigenvalue weighted by molar-refractivity contribution is 7.09. The van der Waals surface area contributed by atoms with E-state index in [1.807, 2.05) is 29.8 Å². The number of thiazole rings is 1. The number of aliphatic imine (C=N–C) groups is 1. The number of para-hydroxylation sites is 1. The smallest absolute Gasteiger partial charge is 0.198 e. The minimum atomic E-state index is 0.642. The number of anilines is 1. The average Bonchev–Trinajstić information content (AvgIpc) is 3.07. The molecule has 2 aromatic rings. The summed E-state index contributed by atoms with van der Waals surface area (Å²) in [4.78, 5) is 11.4. The van der Waals surface area contributed by atoms with E-state index in [2.05, 4.69) is 27.3 Å². The Balaban J connectivity index is 1.74. The van der Waals surface area contributed by atoms with E-state index >= 15 is 0 Å². The molecule has 110 valence electrons. The normalized spacial score (nSPS) is 16.0. The minimum Gasteiger partial charge on any atom is -0.343 e. The molecule has 1 fully saturated rings. The van der Waals surface area contributed by atoms with E-state index in [0.717, 1.165) is 29.7 Å². The van der Waals surface area contributed by atoms with E-state index in [1.165, 1.54) is 19.3 Å². The number of benzene rings is 1. The zero-order valence-corrected chi connectivity index (χ0v) is 12.9. The number of hydrogen-bond acceptors (Lipinski definition) is 3. The minimum absolute atomic E-state index is 0.642. The highest BCUT2D eigenvalue weighted by atomic mass is 32.1. The number of nitrogens with one attached hydrogen (secondary N) is 1. The molecule has 1 N–H and O–H groups in total. The first kappa shape index (κ1) is 14.1. The van der Waals surface area contributed by atoms with Gasteiger partial charge in [0, 0.05) is 30.4 Å². The summed E-state index contributed by atoms with van der Waals surface area (Å²) in [6, 6.07) is 10.2. The third-order valence-corrected chi connectivity index (χ3v) is 4.30. The molecule has 21 heavy (non-hydrogen) atoms. The van der Waals surface area contributed by atoms with Crippen LogP contribution in [0.25, 0.3) is 0 Å². The maximum atomic E-state index is 4.76. The van der Waals surface area contributed by atoms with Crippen molar-refractivity contribution in [3.8, 4) is 0 Å². The van der Waals surface area contributed by atoms with Crippen LogP contribution in [0.4, 0.5) is 5.69 Å². The van der Waals surface area contributed by atoms with Crippen molar-refractivity contribution < 1.29 is 0 Å². The van der Waals surface area contributed by atoms with Crippen molar-refractivity contribution in [2.24, 2.45) is 4.99 Å². The zero-order chi connectivity index (χ0) is 14.3. The Labute approximate surface area is 129 Å². The molecule has 0 spiro atoms. The predicted molar refractivity (Wildman–Crippen MR) is 88.7 cm³/mol. The van der Waals surface area contributed by atoms with Gasteiger partial charge in [-0.25, -0.2) is 9.98 Å². The average molecular weight is 300 g/mol. The van der Waals surface area contributed by atoms with Crippen LogP contribution in [0, 0.1) is 0 Å². The van der Waals surface area contributed by atoms with Gasteiger partial charge < -0.3 is 10.2 Å². The summed E-state index contributed by atoms with van der Waals surface area (Å²) in [5, 5.41) is 6.51. The van der Waals surface area contributed by atoms with E-state index in [9.17, 15) is 0 Å². The molecule has 0 unspecified atom stereocenters. The zero-order valence-electron chi connectivity index (χ0n) is 12.0. The largest absolute Gasteiger partial charge is 0.343 e. The Kier molecular flexibility index (Phi) is 4.84. The van der Waals surface area contributed by atoms with Gasteiger partial charge in [-0.2, -0.15) is 0 Å². The maximum Gasteiger partial charge on any atom is 0.198 e. The van der Waals surface area contributed by atoms with Crippen molar-refractivity contribution in [1.82, 2.24) is 9.88 Å². The number of aromatic nitrogens is 1. The molecule has 1 aliphatic heterocycles. The van der Waals surface area contributed by atoms with Crippen molar-refractivity contribution in [2.45, 2.75) is 25.8 Å². The molecule has 1 aromatic heterocycles. The van der Waals surface area contributed by atoms with E-state index in [4.69, 9.17) is 4.99 Å². The van der Waals surface area contributed by atoms with Crippen LogP contribution in [-0.2, 0) is 6.54 Å². The molecule has 1 aromatic carbocycles. The quantitative estimate of drug-likeness (QED) is 0.695. The fraction of sp³-hybridized carbons (Fsp3) is 0.375. The molecule has 1 saturated heterocycles. The number of guanidine groups is 1. The highest BCUT2D eigenvalue weighted by Crippen LogP contribution is 2.14. The van der Waals surface area contributed by atoms with Crippen LogP contribution in [0.5, 0.6) is 0 Å². The van der Waals surface area contributed by atoms with E-state index in [0.29, 0.717) is 6.54 Å². The molecule has 0 bridgehead atoms. The van der Waals surface area contributed by atoms with Crippen LogP contribution in [0.3, 0.4) is 0 Å². The van der Waals surface area contributed by atoms with Gasteiger partial charge in [0.25, 0.3) is 0 Å². The molecule has 2 heterocycles. The summed E-state index contributed by atoms with van der Waals surface area (Å²) in [6.07, 6.45) is 5.64. The van der Waals surface area contributed by atoms with Crippen LogP contribution in [0.15, 0.2) is 46.9 Å². The lowest BCUT2D eigenvalue weighted by atomic mass is 10.1. The number of hydrogen-bond donors (Lipinski definition) is 1. The number of likely N-dealkylation sites (tertiary alicyclic amines) is 1. The Morgan fingerprint density at radius 3 is 2.71 bits per heavy atom. The molecule has 0 aliphatic carbocycles.